The van der Waals surface area contributed by atoms with Crippen molar-refractivity contribution in [3.8, 4) is 17.2 Å². The fourth-order valence-electron chi connectivity index (χ4n) is 3.53. The Morgan fingerprint density at radius 1 is 0.842 bits per heavy atom. The van der Waals surface area contributed by atoms with Gasteiger partial charge in [0.05, 0.1) is 5.52 Å². The number of benzene rings is 3. The molecule has 0 aliphatic carbocycles. The van der Waals surface area contributed by atoms with Gasteiger partial charge in [-0.15, -0.1) is 0 Å². The minimum absolute atomic E-state index is 0.277. The van der Waals surface area contributed by atoms with Crippen molar-refractivity contribution in [1.29, 1.82) is 0 Å². The number of nitrogens with zero attached hydrogens (tertiary/aromatic N) is 3. The van der Waals surface area contributed by atoms with Gasteiger partial charge in [0.1, 0.15) is 29.5 Å². The molecule has 192 valence electrons. The second-order valence-corrected chi connectivity index (χ2v) is 7.90. The summed E-state index contributed by atoms with van der Waals surface area (Å²) in [5, 5.41) is 6.60. The summed E-state index contributed by atoms with van der Waals surface area (Å²) in [5.74, 6) is 2.06. The number of fused-ring (bicyclic) bond motifs is 1. The molecule has 0 saturated heterocycles. The normalized spacial score (nSPS) is 10.2. The van der Waals surface area contributed by atoms with Gasteiger partial charge in [-0.05, 0) is 42.0 Å². The van der Waals surface area contributed by atoms with E-state index in [1.165, 1.54) is 6.20 Å². The number of rotatable bonds is 8. The summed E-state index contributed by atoms with van der Waals surface area (Å²) in [6.45, 7) is 4.49. The summed E-state index contributed by atoms with van der Waals surface area (Å²) in [7, 11) is 1.56. The number of hydrogen-bond acceptors (Lipinski definition) is 7. The summed E-state index contributed by atoms with van der Waals surface area (Å²) >= 11 is 0. The highest BCUT2D eigenvalue weighted by Gasteiger charge is 2.08. The van der Waals surface area contributed by atoms with Crippen molar-refractivity contribution < 1.29 is 14.3 Å². The van der Waals surface area contributed by atoms with Gasteiger partial charge in [-0.2, -0.15) is 0 Å². The number of aromatic nitrogens is 3. The molecule has 0 fully saturated rings. The lowest BCUT2D eigenvalue weighted by Gasteiger charge is -2.10. The molecule has 1 amide bonds. The lowest BCUT2D eigenvalue weighted by Crippen LogP contribution is -2.18. The molecule has 2 aromatic heterocycles. The number of carbonyl (C=O) groups is 1. The second-order valence-electron chi connectivity index (χ2n) is 7.90. The van der Waals surface area contributed by atoms with Crippen LogP contribution in [0.4, 0.5) is 11.6 Å². The van der Waals surface area contributed by atoms with Crippen LogP contribution in [0, 0.1) is 0 Å². The smallest absolute Gasteiger partial charge is 0.269 e. The van der Waals surface area contributed by atoms with Gasteiger partial charge in [0.2, 0.25) is 5.95 Å². The zero-order chi connectivity index (χ0) is 26.7. The molecule has 0 radical (unpaired) electrons. The van der Waals surface area contributed by atoms with E-state index in [2.05, 4.69) is 25.6 Å². The first-order valence-electron chi connectivity index (χ1n) is 12.3. The van der Waals surface area contributed by atoms with Crippen LogP contribution in [0.1, 0.15) is 29.9 Å². The summed E-state index contributed by atoms with van der Waals surface area (Å²) in [4.78, 5) is 24.9. The Morgan fingerprint density at radius 3 is 2.47 bits per heavy atom. The third kappa shape index (κ3) is 6.82. The first kappa shape index (κ1) is 26.1. The van der Waals surface area contributed by atoms with Crippen molar-refractivity contribution >= 4 is 28.4 Å². The van der Waals surface area contributed by atoms with Crippen LogP contribution in [0.25, 0.3) is 10.9 Å². The molecule has 0 unspecified atom stereocenters. The molecule has 0 aliphatic heterocycles. The Morgan fingerprint density at radius 2 is 1.66 bits per heavy atom. The number of carbonyl (C=O) groups excluding carboxylic acids is 1. The van der Waals surface area contributed by atoms with Crippen molar-refractivity contribution in [2.75, 3.05) is 12.4 Å². The van der Waals surface area contributed by atoms with E-state index in [0.717, 1.165) is 27.9 Å². The van der Waals surface area contributed by atoms with E-state index < -0.39 is 0 Å². The van der Waals surface area contributed by atoms with E-state index in [-0.39, 0.29) is 11.6 Å². The highest BCUT2D eigenvalue weighted by atomic mass is 16.5. The monoisotopic (exact) mass is 507 g/mol. The Balaban J connectivity index is 0.00000164. The topological polar surface area (TPSA) is 98.3 Å². The quantitative estimate of drug-likeness (QED) is 0.246. The number of ether oxygens (including phenoxy) is 2. The van der Waals surface area contributed by atoms with Gasteiger partial charge in [-0.25, -0.2) is 9.97 Å². The van der Waals surface area contributed by atoms with E-state index in [0.29, 0.717) is 24.1 Å². The standard InChI is InChI=1S/C28H23N5O3.C2H6/c1-29-27(34)26-16-24(12-13-30-26)36-23-10-11-25-20(14-23)17-31-28(33-25)32-21-8-5-9-22(15-21)35-18-19-6-3-2-4-7-19;1-2/h2-17H,18H2,1H3,(H,29,34)(H,31,32,33);1-2H3. The van der Waals surface area contributed by atoms with Crippen molar-refractivity contribution in [3.05, 3.63) is 109 Å². The fraction of sp³-hybridized carbons (Fsp3) is 0.133. The van der Waals surface area contributed by atoms with E-state index >= 15 is 0 Å². The molecule has 8 nitrogen and oxygen atoms in total. The number of nitrogens with one attached hydrogen (secondary N) is 2. The van der Waals surface area contributed by atoms with Crippen LogP contribution in [0.2, 0.25) is 0 Å². The van der Waals surface area contributed by atoms with Crippen LogP contribution in [0.5, 0.6) is 17.2 Å². The number of pyridine rings is 1. The van der Waals surface area contributed by atoms with Crippen LogP contribution >= 0.6 is 0 Å². The minimum Gasteiger partial charge on any atom is -0.489 e. The highest BCUT2D eigenvalue weighted by molar-refractivity contribution is 5.92. The lowest BCUT2D eigenvalue weighted by atomic mass is 10.2. The van der Waals surface area contributed by atoms with Crippen LogP contribution in [-0.2, 0) is 6.61 Å². The van der Waals surface area contributed by atoms with E-state index in [1.54, 1.807) is 25.4 Å². The third-order valence-electron chi connectivity index (χ3n) is 5.32. The van der Waals surface area contributed by atoms with Crippen LogP contribution in [0.3, 0.4) is 0 Å². The van der Waals surface area contributed by atoms with Crippen molar-refractivity contribution in [2.45, 2.75) is 20.5 Å². The lowest BCUT2D eigenvalue weighted by molar-refractivity contribution is 0.0958. The van der Waals surface area contributed by atoms with Gasteiger partial charge in [0.15, 0.2) is 0 Å². The first-order chi connectivity index (χ1) is 18.7. The average molecular weight is 508 g/mol. The summed E-state index contributed by atoms with van der Waals surface area (Å²) in [6.07, 6.45) is 3.26. The molecular weight excluding hydrogens is 478 g/mol. The van der Waals surface area contributed by atoms with Crippen LogP contribution in [0.15, 0.2) is 97.3 Å². The predicted octanol–water partition coefficient (Wildman–Crippen LogP) is 6.53. The van der Waals surface area contributed by atoms with Crippen LogP contribution in [-0.4, -0.2) is 27.9 Å². The third-order valence-corrected chi connectivity index (χ3v) is 5.32. The van der Waals surface area contributed by atoms with Gasteiger partial charge in [-0.3, -0.25) is 9.78 Å². The summed E-state index contributed by atoms with van der Waals surface area (Å²) < 4.78 is 11.8. The van der Waals surface area contributed by atoms with Gasteiger partial charge in [0, 0.05) is 42.6 Å². The molecule has 5 aromatic rings. The molecule has 0 atom stereocenters. The summed E-state index contributed by atoms with van der Waals surface area (Å²) in [6, 6.07) is 26.5. The maximum atomic E-state index is 11.8. The Bertz CT molecular complexity index is 1510. The van der Waals surface area contributed by atoms with Gasteiger partial charge in [-0.1, -0.05) is 50.2 Å². The molecule has 8 heteroatoms. The van der Waals surface area contributed by atoms with Crippen molar-refractivity contribution in [2.24, 2.45) is 0 Å². The second kappa shape index (κ2) is 12.8. The molecule has 3 aromatic carbocycles. The SMILES string of the molecule is CC.CNC(=O)c1cc(Oc2ccc3nc(Nc4cccc(OCc5ccccc5)c4)ncc3c2)ccn1. The minimum atomic E-state index is -0.277. The maximum Gasteiger partial charge on any atom is 0.269 e. The molecule has 0 bridgehead atoms. The molecule has 2 N–H and O–H groups in total. The molecule has 0 aliphatic rings. The van der Waals surface area contributed by atoms with Gasteiger partial charge < -0.3 is 20.1 Å². The zero-order valence-electron chi connectivity index (χ0n) is 21.5. The molecule has 0 spiro atoms. The first-order valence-corrected chi connectivity index (χ1v) is 12.3. The van der Waals surface area contributed by atoms with Gasteiger partial charge in [0.25, 0.3) is 5.91 Å². The Kier molecular flexibility index (Phi) is 8.80. The highest BCUT2D eigenvalue weighted by Crippen LogP contribution is 2.26. The number of anilines is 2. The molecule has 0 saturated carbocycles. The van der Waals surface area contributed by atoms with E-state index in [1.807, 2.05) is 86.6 Å². The predicted molar refractivity (Wildman–Crippen MR) is 149 cm³/mol. The average Bonchev–Trinajstić information content (AvgIpc) is 2.97. The van der Waals surface area contributed by atoms with Gasteiger partial charge >= 0.3 is 0 Å². The Labute approximate surface area is 221 Å². The molecule has 38 heavy (non-hydrogen) atoms. The van der Waals surface area contributed by atoms with E-state index in [4.69, 9.17) is 9.47 Å². The fourth-order valence-corrected chi connectivity index (χ4v) is 3.53. The number of hydrogen-bond donors (Lipinski definition) is 2. The molecule has 2 heterocycles. The zero-order valence-corrected chi connectivity index (χ0v) is 21.5. The van der Waals surface area contributed by atoms with Crippen molar-refractivity contribution in [3.63, 3.8) is 0 Å². The number of amides is 1. The molecule has 5 rings (SSSR count). The largest absolute Gasteiger partial charge is 0.489 e. The van der Waals surface area contributed by atoms with Crippen molar-refractivity contribution in [1.82, 2.24) is 20.3 Å². The molecular formula is C30H29N5O3. The Hall–Kier alpha value is -4.98. The van der Waals surface area contributed by atoms with Crippen LogP contribution < -0.4 is 20.1 Å². The van der Waals surface area contributed by atoms with E-state index in [9.17, 15) is 4.79 Å². The summed E-state index contributed by atoms with van der Waals surface area (Å²) in [5.41, 5.74) is 2.97. The maximum absolute atomic E-state index is 11.8.